The summed E-state index contributed by atoms with van der Waals surface area (Å²) in [4.78, 5) is 4.30. The molecular formula is C10H24N3+. The zero-order valence-electron chi connectivity index (χ0n) is 9.27. The number of piperazine rings is 1. The van der Waals surface area contributed by atoms with Gasteiger partial charge in [-0.3, -0.25) is 4.90 Å². The molecule has 0 aromatic carbocycles. The van der Waals surface area contributed by atoms with Crippen molar-refractivity contribution in [3.8, 4) is 0 Å². The van der Waals surface area contributed by atoms with Gasteiger partial charge in [0.25, 0.3) is 0 Å². The molecule has 0 spiro atoms. The topological polar surface area (TPSA) is 19.7 Å². The molecule has 3 heteroatoms. The molecular weight excluding hydrogens is 162 g/mol. The lowest BCUT2D eigenvalue weighted by Gasteiger charge is -2.38. The first kappa shape index (κ1) is 11.0. The minimum absolute atomic E-state index is 0.703. The van der Waals surface area contributed by atoms with Crippen molar-refractivity contribution in [2.45, 2.75) is 26.9 Å². The van der Waals surface area contributed by atoms with Gasteiger partial charge in [0.05, 0.1) is 19.6 Å². The first-order valence-corrected chi connectivity index (χ1v) is 5.62. The number of nitrogens with zero attached hydrogens (tertiary/aromatic N) is 1. The third kappa shape index (κ3) is 2.66. The average Bonchev–Trinajstić information content (AvgIpc) is 2.20. The highest BCUT2D eigenvalue weighted by Gasteiger charge is 2.27. The zero-order chi connectivity index (χ0) is 9.68. The maximum absolute atomic E-state index is 3.49. The summed E-state index contributed by atoms with van der Waals surface area (Å²) in [5.74, 6) is 0. The number of hydrogen-bond donors (Lipinski definition) is 2. The van der Waals surface area contributed by atoms with Gasteiger partial charge in [-0.05, 0) is 13.8 Å². The van der Waals surface area contributed by atoms with Crippen molar-refractivity contribution in [2.75, 3.05) is 39.3 Å². The smallest absolute Gasteiger partial charge is 0.156 e. The normalized spacial score (nSPS) is 25.4. The van der Waals surface area contributed by atoms with Gasteiger partial charge >= 0.3 is 0 Å². The van der Waals surface area contributed by atoms with E-state index in [0.717, 1.165) is 13.1 Å². The second-order valence-corrected chi connectivity index (χ2v) is 3.71. The third-order valence-corrected chi connectivity index (χ3v) is 3.14. The fourth-order valence-electron chi connectivity index (χ4n) is 2.25. The summed E-state index contributed by atoms with van der Waals surface area (Å²) in [6.07, 6.45) is 0.703. The monoisotopic (exact) mass is 186 g/mol. The van der Waals surface area contributed by atoms with E-state index < -0.39 is 0 Å². The zero-order valence-corrected chi connectivity index (χ0v) is 9.27. The van der Waals surface area contributed by atoms with E-state index in [2.05, 4.69) is 31.0 Å². The molecule has 0 aromatic rings. The fraction of sp³-hybridized carbons (Fsp3) is 1.00. The van der Waals surface area contributed by atoms with Crippen LogP contribution in [0.25, 0.3) is 0 Å². The molecule has 1 fully saturated rings. The largest absolute Gasteiger partial charge is 0.319 e. The molecule has 1 unspecified atom stereocenters. The minimum atomic E-state index is 0.703. The number of quaternary nitrogens is 1. The standard InChI is InChI=1S/C10H23N3/c1-4-12(5-2)10-9-11-7-8-13(10)6-3/h10-11H,4-9H2,1-3H3/p+1. The van der Waals surface area contributed by atoms with Gasteiger partial charge in [0, 0.05) is 19.6 Å². The molecule has 0 amide bonds. The lowest BCUT2D eigenvalue weighted by Crippen LogP contribution is -3.18. The first-order chi connectivity index (χ1) is 6.33. The SMILES string of the molecule is CCN1CCNCC1[NH+](CC)CC. The second-order valence-electron chi connectivity index (χ2n) is 3.71. The summed E-state index contributed by atoms with van der Waals surface area (Å²) in [7, 11) is 0. The van der Waals surface area contributed by atoms with Crippen LogP contribution in [-0.4, -0.2) is 50.3 Å². The van der Waals surface area contributed by atoms with Gasteiger partial charge in [-0.2, -0.15) is 0 Å². The first-order valence-electron chi connectivity index (χ1n) is 5.62. The Balaban J connectivity index is 2.51. The Morgan fingerprint density at radius 2 is 2.00 bits per heavy atom. The maximum Gasteiger partial charge on any atom is 0.156 e. The van der Waals surface area contributed by atoms with E-state index in [0.29, 0.717) is 6.17 Å². The number of hydrogen-bond acceptors (Lipinski definition) is 2. The maximum atomic E-state index is 3.49. The van der Waals surface area contributed by atoms with Crippen LogP contribution < -0.4 is 10.2 Å². The third-order valence-electron chi connectivity index (χ3n) is 3.14. The van der Waals surface area contributed by atoms with E-state index in [1.54, 1.807) is 4.90 Å². The van der Waals surface area contributed by atoms with Crippen molar-refractivity contribution < 1.29 is 4.90 Å². The highest BCUT2D eigenvalue weighted by Crippen LogP contribution is 1.95. The van der Waals surface area contributed by atoms with Crippen LogP contribution in [0.4, 0.5) is 0 Å². The average molecular weight is 186 g/mol. The minimum Gasteiger partial charge on any atom is -0.319 e. The van der Waals surface area contributed by atoms with E-state index in [1.165, 1.54) is 26.2 Å². The lowest BCUT2D eigenvalue weighted by molar-refractivity contribution is -0.933. The summed E-state index contributed by atoms with van der Waals surface area (Å²) >= 11 is 0. The Kier molecular flexibility index (Phi) is 4.70. The molecule has 0 bridgehead atoms. The van der Waals surface area contributed by atoms with Crippen LogP contribution >= 0.6 is 0 Å². The molecule has 78 valence electrons. The molecule has 1 aliphatic rings. The Bertz CT molecular complexity index is 127. The second kappa shape index (κ2) is 5.58. The molecule has 13 heavy (non-hydrogen) atoms. The molecule has 1 aliphatic heterocycles. The van der Waals surface area contributed by atoms with Gasteiger partial charge < -0.3 is 10.2 Å². The molecule has 1 heterocycles. The van der Waals surface area contributed by atoms with Crippen molar-refractivity contribution in [1.29, 1.82) is 0 Å². The Morgan fingerprint density at radius 1 is 1.31 bits per heavy atom. The van der Waals surface area contributed by atoms with Gasteiger partial charge in [0.2, 0.25) is 0 Å². The van der Waals surface area contributed by atoms with Crippen molar-refractivity contribution >= 4 is 0 Å². The molecule has 1 atom stereocenters. The molecule has 3 nitrogen and oxygen atoms in total. The Hall–Kier alpha value is -0.120. The number of nitrogens with one attached hydrogen (secondary N) is 2. The van der Waals surface area contributed by atoms with Crippen LogP contribution in [0, 0.1) is 0 Å². The van der Waals surface area contributed by atoms with Crippen LogP contribution in [0.3, 0.4) is 0 Å². The van der Waals surface area contributed by atoms with Crippen molar-refractivity contribution in [3.05, 3.63) is 0 Å². The Labute approximate surface area is 82.1 Å². The highest BCUT2D eigenvalue weighted by molar-refractivity contribution is 4.70. The Morgan fingerprint density at radius 3 is 2.54 bits per heavy atom. The quantitative estimate of drug-likeness (QED) is 0.597. The summed E-state index contributed by atoms with van der Waals surface area (Å²) in [6, 6.07) is 0. The molecule has 2 N–H and O–H groups in total. The van der Waals surface area contributed by atoms with Crippen LogP contribution in [0.5, 0.6) is 0 Å². The van der Waals surface area contributed by atoms with Crippen LogP contribution in [0.2, 0.25) is 0 Å². The van der Waals surface area contributed by atoms with Crippen LogP contribution in [0.1, 0.15) is 20.8 Å². The highest BCUT2D eigenvalue weighted by atomic mass is 15.4. The summed E-state index contributed by atoms with van der Waals surface area (Å²) < 4.78 is 0. The van der Waals surface area contributed by atoms with Crippen LogP contribution in [-0.2, 0) is 0 Å². The molecule has 0 saturated carbocycles. The molecule has 1 rings (SSSR count). The molecule has 0 aromatic heterocycles. The predicted octanol–water partition coefficient (Wildman–Crippen LogP) is -0.838. The fourth-order valence-corrected chi connectivity index (χ4v) is 2.25. The molecule has 0 radical (unpaired) electrons. The summed E-state index contributed by atoms with van der Waals surface area (Å²) in [6.45, 7) is 14.0. The number of likely N-dealkylation sites (N-methyl/N-ethyl adjacent to an activating group) is 2. The van der Waals surface area contributed by atoms with Gasteiger partial charge in [0.15, 0.2) is 6.17 Å². The summed E-state index contributed by atoms with van der Waals surface area (Å²) in [5.41, 5.74) is 0. The van der Waals surface area contributed by atoms with Crippen LogP contribution in [0.15, 0.2) is 0 Å². The molecule has 1 saturated heterocycles. The lowest BCUT2D eigenvalue weighted by atomic mass is 10.2. The van der Waals surface area contributed by atoms with E-state index in [4.69, 9.17) is 0 Å². The van der Waals surface area contributed by atoms with E-state index >= 15 is 0 Å². The molecule has 0 aliphatic carbocycles. The van der Waals surface area contributed by atoms with Gasteiger partial charge in [0.1, 0.15) is 0 Å². The van der Waals surface area contributed by atoms with Gasteiger partial charge in [-0.15, -0.1) is 0 Å². The van der Waals surface area contributed by atoms with Crippen molar-refractivity contribution in [1.82, 2.24) is 10.2 Å². The predicted molar refractivity (Wildman–Crippen MR) is 55.9 cm³/mol. The van der Waals surface area contributed by atoms with Gasteiger partial charge in [-0.25, -0.2) is 0 Å². The van der Waals surface area contributed by atoms with E-state index in [9.17, 15) is 0 Å². The van der Waals surface area contributed by atoms with Gasteiger partial charge in [-0.1, -0.05) is 6.92 Å². The summed E-state index contributed by atoms with van der Waals surface area (Å²) in [5, 5.41) is 3.49. The van der Waals surface area contributed by atoms with Crippen molar-refractivity contribution in [3.63, 3.8) is 0 Å². The van der Waals surface area contributed by atoms with Crippen molar-refractivity contribution in [2.24, 2.45) is 0 Å². The van der Waals surface area contributed by atoms with E-state index in [1.807, 2.05) is 0 Å². The number of rotatable bonds is 4. The van der Waals surface area contributed by atoms with E-state index in [-0.39, 0.29) is 0 Å².